The first-order chi connectivity index (χ1) is 16.4. The van der Waals surface area contributed by atoms with E-state index in [2.05, 4.69) is 5.32 Å². The van der Waals surface area contributed by atoms with Crippen molar-refractivity contribution >= 4 is 11.8 Å². The first-order valence-corrected chi connectivity index (χ1v) is 12.1. The molecule has 0 bridgehead atoms. The third-order valence-electron chi connectivity index (χ3n) is 6.31. The summed E-state index contributed by atoms with van der Waals surface area (Å²) < 4.78 is 0. The molecule has 0 unspecified atom stereocenters. The van der Waals surface area contributed by atoms with Gasteiger partial charge in [-0.15, -0.1) is 0 Å². The van der Waals surface area contributed by atoms with Crippen LogP contribution in [-0.2, 0) is 29.0 Å². The first-order valence-electron chi connectivity index (χ1n) is 12.1. The van der Waals surface area contributed by atoms with Crippen LogP contribution in [0.3, 0.4) is 0 Å². The van der Waals surface area contributed by atoms with Gasteiger partial charge in [0.2, 0.25) is 11.8 Å². The van der Waals surface area contributed by atoms with E-state index < -0.39 is 6.04 Å². The van der Waals surface area contributed by atoms with Gasteiger partial charge < -0.3 is 10.2 Å². The van der Waals surface area contributed by atoms with Crippen LogP contribution in [0.25, 0.3) is 0 Å². The molecule has 0 saturated heterocycles. The highest BCUT2D eigenvalue weighted by Gasteiger charge is 2.31. The molecule has 4 nitrogen and oxygen atoms in total. The van der Waals surface area contributed by atoms with Crippen molar-refractivity contribution in [1.82, 2.24) is 10.2 Å². The lowest BCUT2D eigenvalue weighted by atomic mass is 10.00. The Labute approximate surface area is 204 Å². The van der Waals surface area contributed by atoms with Gasteiger partial charge >= 0.3 is 0 Å². The lowest BCUT2D eigenvalue weighted by Crippen LogP contribution is -2.52. The topological polar surface area (TPSA) is 49.4 Å². The molecular weight excluding hydrogens is 420 g/mol. The van der Waals surface area contributed by atoms with E-state index in [0.29, 0.717) is 13.0 Å². The molecule has 0 aliphatic rings. The van der Waals surface area contributed by atoms with Gasteiger partial charge in [0.25, 0.3) is 0 Å². The van der Waals surface area contributed by atoms with Crippen LogP contribution in [0.2, 0.25) is 0 Å². The number of nitrogens with zero attached hydrogens (tertiary/aromatic N) is 1. The van der Waals surface area contributed by atoms with Gasteiger partial charge in [0.05, 0.1) is 6.42 Å². The molecule has 4 heteroatoms. The number of aryl methyl sites for hydroxylation is 2. The van der Waals surface area contributed by atoms with Crippen molar-refractivity contribution < 1.29 is 9.59 Å². The predicted octanol–water partition coefficient (Wildman–Crippen LogP) is 5.40. The normalized spacial score (nSPS) is 12.6. The van der Waals surface area contributed by atoms with Crippen LogP contribution >= 0.6 is 0 Å². The van der Waals surface area contributed by atoms with E-state index in [0.717, 1.165) is 34.2 Å². The van der Waals surface area contributed by atoms with Crippen LogP contribution in [0.15, 0.2) is 78.9 Å². The monoisotopic (exact) mass is 456 g/mol. The number of rotatable bonds is 10. The number of hydrogen-bond donors (Lipinski definition) is 1. The van der Waals surface area contributed by atoms with E-state index in [4.69, 9.17) is 0 Å². The maximum Gasteiger partial charge on any atom is 0.243 e. The van der Waals surface area contributed by atoms with Crippen LogP contribution < -0.4 is 5.32 Å². The van der Waals surface area contributed by atoms with Crippen molar-refractivity contribution in [2.75, 3.05) is 0 Å². The van der Waals surface area contributed by atoms with Crippen molar-refractivity contribution in [2.24, 2.45) is 0 Å². The Morgan fingerprint density at radius 1 is 0.882 bits per heavy atom. The van der Waals surface area contributed by atoms with E-state index >= 15 is 0 Å². The van der Waals surface area contributed by atoms with E-state index in [1.165, 1.54) is 0 Å². The zero-order valence-electron chi connectivity index (χ0n) is 20.8. The lowest BCUT2D eigenvalue weighted by Gasteiger charge is -2.33. The molecule has 0 aliphatic carbocycles. The van der Waals surface area contributed by atoms with Gasteiger partial charge in [0, 0.05) is 19.0 Å². The SMILES string of the molecule is CC[C@@H](C)NC(=O)[C@H](Cc1ccccc1)N(Cc1ccccc1C)C(=O)Cc1cccc(C)c1. The Balaban J connectivity index is 1.98. The molecule has 0 aromatic heterocycles. The highest BCUT2D eigenvalue weighted by atomic mass is 16.2. The van der Waals surface area contributed by atoms with Crippen molar-refractivity contribution in [3.63, 3.8) is 0 Å². The molecule has 0 heterocycles. The Morgan fingerprint density at radius 2 is 1.56 bits per heavy atom. The van der Waals surface area contributed by atoms with Crippen molar-refractivity contribution in [3.8, 4) is 0 Å². The smallest absolute Gasteiger partial charge is 0.243 e. The van der Waals surface area contributed by atoms with E-state index in [1.807, 2.05) is 107 Å². The highest BCUT2D eigenvalue weighted by Crippen LogP contribution is 2.19. The number of benzene rings is 3. The molecule has 0 spiro atoms. The highest BCUT2D eigenvalue weighted by molar-refractivity contribution is 5.89. The molecule has 0 aliphatic heterocycles. The summed E-state index contributed by atoms with van der Waals surface area (Å²) in [6.07, 6.45) is 1.56. The second kappa shape index (κ2) is 12.2. The molecule has 1 N–H and O–H groups in total. The summed E-state index contributed by atoms with van der Waals surface area (Å²) in [5.41, 5.74) is 5.27. The maximum absolute atomic E-state index is 13.8. The molecule has 0 radical (unpaired) electrons. The molecule has 178 valence electrons. The zero-order valence-corrected chi connectivity index (χ0v) is 20.8. The van der Waals surface area contributed by atoms with Crippen LogP contribution in [0.1, 0.15) is 48.1 Å². The molecule has 2 atom stereocenters. The van der Waals surface area contributed by atoms with Gasteiger partial charge in [-0.1, -0.05) is 91.3 Å². The molecule has 3 aromatic carbocycles. The molecule has 2 amide bonds. The summed E-state index contributed by atoms with van der Waals surface area (Å²) in [5.74, 6) is -0.154. The minimum atomic E-state index is -0.603. The van der Waals surface area contributed by atoms with Crippen LogP contribution in [0, 0.1) is 13.8 Å². The second-order valence-electron chi connectivity index (χ2n) is 9.14. The molecule has 3 rings (SSSR count). The number of carbonyl (C=O) groups excluding carboxylic acids is 2. The Kier molecular flexibility index (Phi) is 9.03. The third-order valence-corrected chi connectivity index (χ3v) is 6.31. The Bertz CT molecular complexity index is 1090. The summed E-state index contributed by atoms with van der Waals surface area (Å²) in [5, 5.41) is 3.13. The minimum absolute atomic E-state index is 0.0398. The average Bonchev–Trinajstić information content (AvgIpc) is 2.82. The van der Waals surface area contributed by atoms with Crippen LogP contribution in [-0.4, -0.2) is 28.8 Å². The number of carbonyl (C=O) groups is 2. The molecule has 0 fully saturated rings. The molecule has 3 aromatic rings. The molecular formula is C30H36N2O2. The lowest BCUT2D eigenvalue weighted by molar-refractivity contribution is -0.141. The summed E-state index contributed by atoms with van der Waals surface area (Å²) in [7, 11) is 0. The Morgan fingerprint density at radius 3 is 2.24 bits per heavy atom. The third kappa shape index (κ3) is 7.05. The zero-order chi connectivity index (χ0) is 24.5. The number of amides is 2. The van der Waals surface area contributed by atoms with Gasteiger partial charge in [-0.05, 0) is 49.4 Å². The van der Waals surface area contributed by atoms with Gasteiger partial charge in [-0.2, -0.15) is 0 Å². The van der Waals surface area contributed by atoms with Crippen molar-refractivity contribution in [1.29, 1.82) is 0 Å². The summed E-state index contributed by atoms with van der Waals surface area (Å²) in [4.78, 5) is 29.1. The van der Waals surface area contributed by atoms with Crippen molar-refractivity contribution in [3.05, 3.63) is 107 Å². The van der Waals surface area contributed by atoms with Crippen LogP contribution in [0.4, 0.5) is 0 Å². The summed E-state index contributed by atoms with van der Waals surface area (Å²) >= 11 is 0. The molecule has 34 heavy (non-hydrogen) atoms. The fourth-order valence-corrected chi connectivity index (χ4v) is 4.06. The van der Waals surface area contributed by atoms with Gasteiger partial charge in [-0.3, -0.25) is 9.59 Å². The second-order valence-corrected chi connectivity index (χ2v) is 9.14. The predicted molar refractivity (Wildman–Crippen MR) is 138 cm³/mol. The van der Waals surface area contributed by atoms with Gasteiger partial charge in [0.15, 0.2) is 0 Å². The van der Waals surface area contributed by atoms with Gasteiger partial charge in [0.1, 0.15) is 6.04 Å². The quantitative estimate of drug-likeness (QED) is 0.444. The summed E-state index contributed by atoms with van der Waals surface area (Å²) in [6, 6.07) is 25.4. The maximum atomic E-state index is 13.8. The van der Waals surface area contributed by atoms with E-state index in [1.54, 1.807) is 4.90 Å². The fourth-order valence-electron chi connectivity index (χ4n) is 4.06. The fraction of sp³-hybridized carbons (Fsp3) is 0.333. The number of nitrogens with one attached hydrogen (secondary N) is 1. The van der Waals surface area contributed by atoms with E-state index in [9.17, 15) is 9.59 Å². The minimum Gasteiger partial charge on any atom is -0.352 e. The average molecular weight is 457 g/mol. The number of hydrogen-bond acceptors (Lipinski definition) is 2. The van der Waals surface area contributed by atoms with Crippen LogP contribution in [0.5, 0.6) is 0 Å². The first kappa shape index (κ1) is 25.2. The van der Waals surface area contributed by atoms with Crippen molar-refractivity contribution in [2.45, 2.75) is 65.6 Å². The molecule has 0 saturated carbocycles. The van der Waals surface area contributed by atoms with E-state index in [-0.39, 0.29) is 24.3 Å². The Hall–Kier alpha value is -3.40. The van der Waals surface area contributed by atoms with Gasteiger partial charge in [-0.25, -0.2) is 0 Å². The standard InChI is InChI=1S/C30H36N2O2/c1-5-24(4)31-30(34)28(19-25-14-7-6-8-15-25)32(21-27-17-10-9-13-23(27)3)29(33)20-26-16-11-12-22(2)18-26/h6-18,24,28H,5,19-21H2,1-4H3,(H,31,34)/t24-,28+/m1/s1. The largest absolute Gasteiger partial charge is 0.352 e. The summed E-state index contributed by atoms with van der Waals surface area (Å²) in [6.45, 7) is 8.51.